The highest BCUT2D eigenvalue weighted by Gasteiger charge is 2.73. The van der Waals surface area contributed by atoms with Gasteiger partial charge in [-0.3, -0.25) is 34.0 Å². The highest BCUT2D eigenvalue weighted by atomic mass is 16.6. The quantitative estimate of drug-likeness (QED) is 0.220. The molecule has 3 saturated heterocycles. The molecule has 4 atom stereocenters. The number of nitrogens with zero attached hydrogens (tertiary/aromatic N) is 5. The van der Waals surface area contributed by atoms with E-state index in [-0.39, 0.29) is 28.9 Å². The maximum Gasteiger partial charge on any atom is 0.271 e. The van der Waals surface area contributed by atoms with Crippen molar-refractivity contribution in [2.24, 2.45) is 11.8 Å². The molecule has 1 spiro atoms. The first-order valence-electron chi connectivity index (χ1n) is 13.4. The molecule has 0 N–H and O–H groups in total. The van der Waals surface area contributed by atoms with Gasteiger partial charge < -0.3 is 0 Å². The molecule has 3 fully saturated rings. The van der Waals surface area contributed by atoms with Gasteiger partial charge in [0.1, 0.15) is 11.4 Å². The van der Waals surface area contributed by atoms with Crippen LogP contribution in [-0.2, 0) is 15.1 Å². The van der Waals surface area contributed by atoms with Crippen molar-refractivity contribution in [2.45, 2.75) is 31.3 Å². The van der Waals surface area contributed by atoms with Crippen LogP contribution < -0.4 is 10.5 Å². The van der Waals surface area contributed by atoms with Crippen molar-refractivity contribution in [2.75, 3.05) is 11.4 Å². The first-order valence-corrected chi connectivity index (χ1v) is 13.4. The predicted octanol–water partition coefficient (Wildman–Crippen LogP) is 3.44. The number of imide groups is 1. The van der Waals surface area contributed by atoms with Crippen LogP contribution in [0.15, 0.2) is 71.5 Å². The summed E-state index contributed by atoms with van der Waals surface area (Å²) >= 11 is 0. The van der Waals surface area contributed by atoms with E-state index in [4.69, 9.17) is 4.98 Å². The number of nitro benzene ring substituents is 1. The monoisotopic (exact) mass is 533 g/mol. The Kier molecular flexibility index (Phi) is 4.47. The number of carbonyl (C=O) groups excluding carboxylic acids is 2. The van der Waals surface area contributed by atoms with E-state index in [9.17, 15) is 24.5 Å². The molecule has 4 aromatic rings. The summed E-state index contributed by atoms with van der Waals surface area (Å²) in [5.41, 5.74) is 1.28. The van der Waals surface area contributed by atoms with Gasteiger partial charge in [0, 0.05) is 23.7 Å². The number of anilines is 1. The predicted molar refractivity (Wildman–Crippen MR) is 145 cm³/mol. The van der Waals surface area contributed by atoms with E-state index in [0.717, 1.165) is 23.3 Å². The van der Waals surface area contributed by atoms with Crippen LogP contribution in [0.2, 0.25) is 0 Å². The van der Waals surface area contributed by atoms with Gasteiger partial charge in [-0.15, -0.1) is 0 Å². The number of aromatic nitrogens is 2. The van der Waals surface area contributed by atoms with E-state index in [1.807, 2.05) is 30.3 Å². The second-order valence-corrected chi connectivity index (χ2v) is 11.0. The van der Waals surface area contributed by atoms with E-state index in [0.29, 0.717) is 34.5 Å². The Morgan fingerprint density at radius 3 is 2.58 bits per heavy atom. The highest BCUT2D eigenvalue weighted by Crippen LogP contribution is 2.62. The molecule has 10 nitrogen and oxygen atoms in total. The lowest BCUT2D eigenvalue weighted by atomic mass is 9.75. The first-order chi connectivity index (χ1) is 19.4. The lowest BCUT2D eigenvalue weighted by Gasteiger charge is -2.38. The molecule has 0 aliphatic carbocycles. The zero-order valence-electron chi connectivity index (χ0n) is 21.5. The van der Waals surface area contributed by atoms with Crippen molar-refractivity contribution >= 4 is 34.1 Å². The minimum atomic E-state index is -1.12. The molecule has 10 heteroatoms. The van der Waals surface area contributed by atoms with Gasteiger partial charge in [-0.25, -0.2) is 9.88 Å². The van der Waals surface area contributed by atoms with Gasteiger partial charge in [0.15, 0.2) is 0 Å². The van der Waals surface area contributed by atoms with E-state index >= 15 is 0 Å². The fourth-order valence-corrected chi connectivity index (χ4v) is 7.80. The van der Waals surface area contributed by atoms with Gasteiger partial charge in [0.05, 0.1) is 39.0 Å². The number of hydrogen-bond acceptors (Lipinski definition) is 7. The molecule has 198 valence electrons. The van der Waals surface area contributed by atoms with Crippen molar-refractivity contribution < 1.29 is 14.5 Å². The SMILES string of the molecule is Cc1ccc([N+](=O)[O-])cc1N1C(=O)[C@H]2C3CCCN3C3(c4ccccc4-n4c3nc3ccccc3c4=O)[C@H]2C1=O. The van der Waals surface area contributed by atoms with Crippen LogP contribution in [0.3, 0.4) is 0 Å². The summed E-state index contributed by atoms with van der Waals surface area (Å²) in [4.78, 5) is 62.3. The number of non-ortho nitro benzene ring substituents is 1. The van der Waals surface area contributed by atoms with E-state index < -0.39 is 28.2 Å². The van der Waals surface area contributed by atoms with Gasteiger partial charge in [-0.2, -0.15) is 0 Å². The van der Waals surface area contributed by atoms with Crippen LogP contribution in [0.25, 0.3) is 16.6 Å². The minimum Gasteiger partial charge on any atom is -0.283 e. The summed E-state index contributed by atoms with van der Waals surface area (Å²) in [6.07, 6.45) is 1.57. The van der Waals surface area contributed by atoms with Crippen LogP contribution in [0.4, 0.5) is 11.4 Å². The average molecular weight is 534 g/mol. The number of carbonyl (C=O) groups is 2. The summed E-state index contributed by atoms with van der Waals surface area (Å²) in [6, 6.07) is 18.7. The third-order valence-electron chi connectivity index (χ3n) is 9.28. The topological polar surface area (TPSA) is 119 Å². The van der Waals surface area contributed by atoms with Crippen molar-refractivity contribution in [1.82, 2.24) is 14.5 Å². The van der Waals surface area contributed by atoms with Gasteiger partial charge in [-0.05, 0) is 50.1 Å². The Labute approximate surface area is 227 Å². The molecule has 5 heterocycles. The first kappa shape index (κ1) is 23.2. The third-order valence-corrected chi connectivity index (χ3v) is 9.28. The summed E-state index contributed by atoms with van der Waals surface area (Å²) in [5, 5.41) is 12.1. The number of para-hydroxylation sites is 2. The van der Waals surface area contributed by atoms with Crippen LogP contribution >= 0.6 is 0 Å². The number of aryl methyl sites for hydroxylation is 1. The summed E-state index contributed by atoms with van der Waals surface area (Å²) in [7, 11) is 0. The van der Waals surface area contributed by atoms with E-state index in [1.165, 1.54) is 12.1 Å². The number of benzene rings is 3. The molecule has 2 amide bonds. The molecule has 8 rings (SSSR count). The molecule has 0 saturated carbocycles. The zero-order valence-corrected chi connectivity index (χ0v) is 21.5. The largest absolute Gasteiger partial charge is 0.283 e. The second-order valence-electron chi connectivity index (χ2n) is 11.0. The average Bonchev–Trinajstić information content (AvgIpc) is 3.67. The van der Waals surface area contributed by atoms with Gasteiger partial charge in [-0.1, -0.05) is 36.4 Å². The maximum atomic E-state index is 14.6. The van der Waals surface area contributed by atoms with Crippen molar-refractivity contribution in [3.05, 3.63) is 104 Å². The molecular formula is C30H23N5O5. The van der Waals surface area contributed by atoms with Crippen LogP contribution in [-0.4, -0.2) is 43.8 Å². The number of hydrogen-bond donors (Lipinski definition) is 0. The van der Waals surface area contributed by atoms with Gasteiger partial charge >= 0.3 is 0 Å². The van der Waals surface area contributed by atoms with Gasteiger partial charge in [0.25, 0.3) is 11.2 Å². The Morgan fingerprint density at radius 2 is 1.75 bits per heavy atom. The zero-order chi connectivity index (χ0) is 27.5. The number of fused-ring (bicyclic) bond motifs is 11. The van der Waals surface area contributed by atoms with Crippen LogP contribution in [0.5, 0.6) is 0 Å². The minimum absolute atomic E-state index is 0.188. The molecule has 4 aliphatic rings. The molecule has 2 unspecified atom stereocenters. The molecule has 1 aromatic heterocycles. The fraction of sp³-hybridized carbons (Fsp3) is 0.267. The van der Waals surface area contributed by atoms with Crippen molar-refractivity contribution in [3.63, 3.8) is 0 Å². The molecule has 40 heavy (non-hydrogen) atoms. The molecular weight excluding hydrogens is 510 g/mol. The summed E-state index contributed by atoms with van der Waals surface area (Å²) < 4.78 is 1.62. The highest BCUT2D eigenvalue weighted by molar-refractivity contribution is 6.23. The van der Waals surface area contributed by atoms with E-state index in [2.05, 4.69) is 4.90 Å². The normalized spacial score (nSPS) is 26.4. The fourth-order valence-electron chi connectivity index (χ4n) is 7.80. The molecule has 0 radical (unpaired) electrons. The Bertz CT molecular complexity index is 1900. The Hall–Kier alpha value is -4.70. The van der Waals surface area contributed by atoms with Gasteiger partial charge in [0.2, 0.25) is 11.8 Å². The lowest BCUT2D eigenvalue weighted by Crippen LogP contribution is -2.51. The van der Waals surface area contributed by atoms with Crippen molar-refractivity contribution in [3.8, 4) is 5.69 Å². The van der Waals surface area contributed by atoms with Crippen LogP contribution in [0.1, 0.15) is 29.8 Å². The molecule has 4 aliphatic heterocycles. The van der Waals surface area contributed by atoms with Crippen LogP contribution in [0, 0.1) is 28.9 Å². The van der Waals surface area contributed by atoms with E-state index in [1.54, 1.807) is 35.8 Å². The number of rotatable bonds is 2. The third kappa shape index (κ3) is 2.57. The summed E-state index contributed by atoms with van der Waals surface area (Å²) in [6.45, 7) is 2.39. The smallest absolute Gasteiger partial charge is 0.271 e. The summed E-state index contributed by atoms with van der Waals surface area (Å²) in [5.74, 6) is -1.83. The molecule has 3 aromatic carbocycles. The Balaban J connectivity index is 1.43. The lowest BCUT2D eigenvalue weighted by molar-refractivity contribution is -0.384. The Morgan fingerprint density at radius 1 is 0.975 bits per heavy atom. The number of amides is 2. The second kappa shape index (κ2) is 7.70. The van der Waals surface area contributed by atoms with Crippen molar-refractivity contribution in [1.29, 1.82) is 0 Å². The molecule has 0 bridgehead atoms. The maximum absolute atomic E-state index is 14.6. The number of nitro groups is 1. The standard InChI is InChI=1S/C30H23N5O5/c1-16-12-13-17(35(39)40)15-23(16)33-27(37)24-22-11-6-14-32(22)30(25(24)28(33)38)19-8-3-5-10-21(19)34-26(36)18-7-2-4-9-20(18)31-29(30)34/h2-5,7-10,12-13,15,22,24-25H,6,11,14H2,1H3/t22?,24-,25+,30?/m0/s1.